The first-order chi connectivity index (χ1) is 5.49. The van der Waals surface area contributed by atoms with E-state index in [0.717, 1.165) is 6.42 Å². The van der Waals surface area contributed by atoms with Crippen molar-refractivity contribution in [1.29, 1.82) is 0 Å². The van der Waals surface area contributed by atoms with Crippen molar-refractivity contribution in [2.45, 2.75) is 38.9 Å². The van der Waals surface area contributed by atoms with E-state index in [1.807, 2.05) is 0 Å². The molecule has 1 N–H and O–H groups in total. The molecule has 0 aliphatic carbocycles. The van der Waals surface area contributed by atoms with E-state index in [0.29, 0.717) is 12.3 Å². The van der Waals surface area contributed by atoms with Gasteiger partial charge in [0, 0.05) is 5.25 Å². The van der Waals surface area contributed by atoms with E-state index in [4.69, 9.17) is 5.11 Å². The summed E-state index contributed by atoms with van der Waals surface area (Å²) in [5.41, 5.74) is 0. The van der Waals surface area contributed by atoms with Gasteiger partial charge >= 0.3 is 5.97 Å². The summed E-state index contributed by atoms with van der Waals surface area (Å²) in [4.78, 5) is 10.5. The lowest BCUT2D eigenvalue weighted by molar-refractivity contribution is -0.141. The zero-order chi connectivity index (χ0) is 9.72. The van der Waals surface area contributed by atoms with Gasteiger partial charge in [-0.1, -0.05) is 27.2 Å². The topological polar surface area (TPSA) is 37.3 Å². The number of aliphatic carboxylic acids is 1. The number of carboxylic acids is 1. The summed E-state index contributed by atoms with van der Waals surface area (Å²) in [7, 11) is 0. The van der Waals surface area contributed by atoms with E-state index in [9.17, 15) is 4.79 Å². The van der Waals surface area contributed by atoms with Crippen LogP contribution in [-0.4, -0.2) is 16.3 Å². The molecule has 0 spiro atoms. The summed E-state index contributed by atoms with van der Waals surface area (Å²) in [5.74, 6) is -0.506. The van der Waals surface area contributed by atoms with Crippen LogP contribution in [0.15, 0.2) is 0 Å². The number of thiol groups is 1. The monoisotopic (exact) mass is 190 g/mol. The molecular weight excluding hydrogens is 172 g/mol. The van der Waals surface area contributed by atoms with Crippen LogP contribution in [0.3, 0.4) is 0 Å². The van der Waals surface area contributed by atoms with Crippen molar-refractivity contribution in [1.82, 2.24) is 0 Å². The van der Waals surface area contributed by atoms with E-state index < -0.39 is 5.97 Å². The zero-order valence-corrected chi connectivity index (χ0v) is 8.84. The predicted octanol–water partition coefficient (Wildman–Crippen LogP) is 2.44. The van der Waals surface area contributed by atoms with E-state index in [-0.39, 0.29) is 11.2 Å². The van der Waals surface area contributed by atoms with Gasteiger partial charge in [-0.3, -0.25) is 4.79 Å². The van der Waals surface area contributed by atoms with Crippen molar-refractivity contribution in [3.63, 3.8) is 0 Å². The molecule has 0 saturated heterocycles. The molecule has 0 saturated carbocycles. The quantitative estimate of drug-likeness (QED) is 0.653. The molecular formula is C9H18O2S. The largest absolute Gasteiger partial charge is 0.481 e. The lowest BCUT2D eigenvalue weighted by atomic mass is 9.96. The second-order valence-electron chi connectivity index (χ2n) is 3.43. The third kappa shape index (κ3) is 4.00. The first-order valence-electron chi connectivity index (χ1n) is 4.39. The Morgan fingerprint density at radius 2 is 2.00 bits per heavy atom. The minimum Gasteiger partial charge on any atom is -0.481 e. The first-order valence-corrected chi connectivity index (χ1v) is 4.91. The van der Waals surface area contributed by atoms with Crippen LogP contribution in [0, 0.1) is 11.8 Å². The molecule has 0 heterocycles. The van der Waals surface area contributed by atoms with Gasteiger partial charge in [0.1, 0.15) is 0 Å². The lowest BCUT2D eigenvalue weighted by Gasteiger charge is -2.19. The van der Waals surface area contributed by atoms with Crippen LogP contribution in [0.1, 0.15) is 33.6 Å². The third-order valence-electron chi connectivity index (χ3n) is 2.32. The minimum absolute atomic E-state index is 0.209. The van der Waals surface area contributed by atoms with E-state index in [1.54, 1.807) is 6.92 Å². The minimum atomic E-state index is -0.725. The van der Waals surface area contributed by atoms with Crippen molar-refractivity contribution in [2.75, 3.05) is 0 Å². The molecule has 0 radical (unpaired) electrons. The third-order valence-corrected chi connectivity index (χ3v) is 3.04. The van der Waals surface area contributed by atoms with Gasteiger partial charge in [0.2, 0.25) is 0 Å². The Morgan fingerprint density at radius 3 is 2.33 bits per heavy atom. The van der Waals surface area contributed by atoms with Gasteiger partial charge in [0.15, 0.2) is 0 Å². The van der Waals surface area contributed by atoms with Gasteiger partial charge in [-0.05, 0) is 12.3 Å². The standard InChI is InChI=1S/C9H18O2S/c1-4-6(2)8(12)5-7(3)9(10)11/h6-8,12H,4-5H2,1-3H3,(H,10,11). The van der Waals surface area contributed by atoms with Crippen LogP contribution < -0.4 is 0 Å². The summed E-state index contributed by atoms with van der Waals surface area (Å²) in [6.45, 7) is 5.93. The van der Waals surface area contributed by atoms with Crippen LogP contribution in [0.5, 0.6) is 0 Å². The fraction of sp³-hybridized carbons (Fsp3) is 0.889. The van der Waals surface area contributed by atoms with Crippen LogP contribution in [0.25, 0.3) is 0 Å². The Kier molecular flexibility index (Phi) is 5.38. The van der Waals surface area contributed by atoms with E-state index >= 15 is 0 Å². The highest BCUT2D eigenvalue weighted by Crippen LogP contribution is 2.21. The van der Waals surface area contributed by atoms with Crippen LogP contribution in [0.4, 0.5) is 0 Å². The Bertz CT molecular complexity index is 147. The smallest absolute Gasteiger partial charge is 0.306 e. The van der Waals surface area contributed by atoms with E-state index in [2.05, 4.69) is 26.5 Å². The van der Waals surface area contributed by atoms with Gasteiger partial charge in [-0.25, -0.2) is 0 Å². The van der Waals surface area contributed by atoms with Crippen molar-refractivity contribution < 1.29 is 9.90 Å². The van der Waals surface area contributed by atoms with Gasteiger partial charge in [0.25, 0.3) is 0 Å². The van der Waals surface area contributed by atoms with Gasteiger partial charge < -0.3 is 5.11 Å². The fourth-order valence-corrected chi connectivity index (χ4v) is 1.49. The van der Waals surface area contributed by atoms with Gasteiger partial charge in [-0.15, -0.1) is 0 Å². The average Bonchev–Trinajstić information content (AvgIpc) is 2.02. The fourth-order valence-electron chi connectivity index (χ4n) is 0.967. The highest BCUT2D eigenvalue weighted by molar-refractivity contribution is 7.81. The van der Waals surface area contributed by atoms with Gasteiger partial charge in [0.05, 0.1) is 5.92 Å². The summed E-state index contributed by atoms with van der Waals surface area (Å²) in [5, 5.41) is 8.86. The molecule has 0 aliphatic heterocycles. The Morgan fingerprint density at radius 1 is 1.50 bits per heavy atom. The number of rotatable bonds is 5. The molecule has 2 nitrogen and oxygen atoms in total. The average molecular weight is 190 g/mol. The van der Waals surface area contributed by atoms with Crippen molar-refractivity contribution in [2.24, 2.45) is 11.8 Å². The maximum atomic E-state index is 10.5. The Labute approximate surface area is 79.8 Å². The molecule has 0 aliphatic rings. The highest BCUT2D eigenvalue weighted by Gasteiger charge is 2.18. The molecule has 12 heavy (non-hydrogen) atoms. The maximum absolute atomic E-state index is 10.5. The van der Waals surface area contributed by atoms with Crippen molar-refractivity contribution in [3.05, 3.63) is 0 Å². The molecule has 3 unspecified atom stereocenters. The summed E-state index contributed by atoms with van der Waals surface area (Å²) >= 11 is 4.38. The van der Waals surface area contributed by atoms with E-state index in [1.165, 1.54) is 0 Å². The lowest BCUT2D eigenvalue weighted by Crippen LogP contribution is -2.19. The summed E-state index contributed by atoms with van der Waals surface area (Å²) in [6, 6.07) is 0. The molecule has 0 fully saturated rings. The molecule has 0 aromatic carbocycles. The van der Waals surface area contributed by atoms with Crippen LogP contribution in [-0.2, 0) is 4.79 Å². The SMILES string of the molecule is CCC(C)C(S)CC(C)C(=O)O. The Hall–Kier alpha value is -0.180. The first kappa shape index (κ1) is 11.8. The summed E-state index contributed by atoms with van der Waals surface area (Å²) in [6.07, 6.45) is 1.72. The maximum Gasteiger partial charge on any atom is 0.306 e. The second kappa shape index (κ2) is 5.46. The number of carboxylic acid groups (broad SMARTS) is 1. The number of hydrogen-bond acceptors (Lipinski definition) is 2. The van der Waals surface area contributed by atoms with Crippen LogP contribution >= 0.6 is 12.6 Å². The second-order valence-corrected chi connectivity index (χ2v) is 4.09. The predicted molar refractivity (Wildman–Crippen MR) is 53.6 cm³/mol. The highest BCUT2D eigenvalue weighted by atomic mass is 32.1. The normalized spacial score (nSPS) is 18.3. The van der Waals surface area contributed by atoms with Gasteiger partial charge in [-0.2, -0.15) is 12.6 Å². The number of carbonyl (C=O) groups is 1. The van der Waals surface area contributed by atoms with Crippen molar-refractivity contribution >= 4 is 18.6 Å². The molecule has 0 aromatic heterocycles. The number of hydrogen-bond donors (Lipinski definition) is 2. The molecule has 72 valence electrons. The Balaban J connectivity index is 3.83. The van der Waals surface area contributed by atoms with Crippen LogP contribution in [0.2, 0.25) is 0 Å². The molecule has 0 bridgehead atoms. The zero-order valence-electron chi connectivity index (χ0n) is 7.95. The molecule has 3 atom stereocenters. The molecule has 0 rings (SSSR count). The molecule has 3 heteroatoms. The van der Waals surface area contributed by atoms with Crippen molar-refractivity contribution in [3.8, 4) is 0 Å². The molecule has 0 amide bonds. The molecule has 0 aromatic rings. The summed E-state index contributed by atoms with van der Waals surface area (Å²) < 4.78 is 0.